The highest BCUT2D eigenvalue weighted by Gasteiger charge is 2.91. The largest absolute Gasteiger partial charge is 0.428 e. The zero-order valence-corrected chi connectivity index (χ0v) is 16.7. The van der Waals surface area contributed by atoms with Crippen molar-refractivity contribution in [2.45, 2.75) is 54.3 Å². The zero-order chi connectivity index (χ0) is 22.3. The Bertz CT molecular complexity index is 514. The summed E-state index contributed by atoms with van der Waals surface area (Å²) in [6.07, 6.45) is -11.6. The van der Waals surface area contributed by atoms with Crippen molar-refractivity contribution in [2.24, 2.45) is 0 Å². The molecule has 0 fully saturated rings. The lowest BCUT2D eigenvalue weighted by Gasteiger charge is -2.44. The fourth-order valence-electron chi connectivity index (χ4n) is 1.76. The molecule has 1 unspecified atom stereocenters. The van der Waals surface area contributed by atoms with Crippen molar-refractivity contribution in [1.82, 2.24) is 0 Å². The normalized spacial score (nSPS) is 17.8. The van der Waals surface area contributed by atoms with Crippen LogP contribution in [0.15, 0.2) is 0 Å². The molecule has 164 valence electrons. The molecule has 16 heteroatoms. The van der Waals surface area contributed by atoms with Crippen LogP contribution in [-0.4, -0.2) is 50.3 Å². The third kappa shape index (κ3) is 4.06. The van der Waals surface area contributed by atoms with Gasteiger partial charge < -0.3 is 0 Å². The van der Waals surface area contributed by atoms with Gasteiger partial charge in [-0.15, -0.1) is 0 Å². The molecule has 0 saturated carbocycles. The van der Waals surface area contributed by atoms with Crippen molar-refractivity contribution in [2.75, 3.05) is 8.86 Å². The Morgan fingerprint density at radius 3 is 1.07 bits per heavy atom. The first-order valence-corrected chi connectivity index (χ1v) is 9.44. The average molecular weight is 660 g/mol. The van der Waals surface area contributed by atoms with E-state index in [0.717, 1.165) is 45.2 Å². The zero-order valence-electron chi connectivity index (χ0n) is 12.4. The van der Waals surface area contributed by atoms with Gasteiger partial charge in [0.05, 0.1) is 0 Å². The molecule has 0 saturated heterocycles. The van der Waals surface area contributed by atoms with Gasteiger partial charge in [-0.05, 0) is 0 Å². The molecule has 0 aromatic rings. The molecule has 0 spiro atoms. The molecule has 0 heterocycles. The van der Waals surface area contributed by atoms with Gasteiger partial charge in [-0.1, -0.05) is 45.2 Å². The Morgan fingerprint density at radius 2 is 0.778 bits per heavy atom. The van der Waals surface area contributed by atoms with E-state index in [1.807, 2.05) is 0 Å². The molecule has 0 aliphatic rings. The van der Waals surface area contributed by atoms with Crippen LogP contribution in [0.5, 0.6) is 0 Å². The van der Waals surface area contributed by atoms with Crippen LogP contribution >= 0.6 is 45.2 Å². The molecule has 0 aromatic heterocycles. The highest BCUT2D eigenvalue weighted by atomic mass is 127. The van der Waals surface area contributed by atoms with Gasteiger partial charge in [0.25, 0.3) is 5.67 Å². The van der Waals surface area contributed by atoms with E-state index < -0.39 is 63.2 Å². The second-order valence-electron chi connectivity index (χ2n) is 5.18. The lowest BCUT2D eigenvalue weighted by Crippen LogP contribution is -2.73. The van der Waals surface area contributed by atoms with Gasteiger partial charge in [0.1, 0.15) is 0 Å². The topological polar surface area (TPSA) is 0 Å². The minimum absolute atomic E-state index is 0.807. The van der Waals surface area contributed by atoms with Crippen molar-refractivity contribution < 1.29 is 61.5 Å². The summed E-state index contributed by atoms with van der Waals surface area (Å²) in [6, 6.07) is 0. The predicted molar refractivity (Wildman–Crippen MR) is 81.6 cm³/mol. The first-order valence-electron chi connectivity index (χ1n) is 6.39. The summed E-state index contributed by atoms with van der Waals surface area (Å²) in [6.45, 7) is 0. The molecule has 0 nitrogen and oxygen atoms in total. The van der Waals surface area contributed by atoms with Gasteiger partial charge in [-0.2, -0.15) is 57.1 Å². The molecule has 0 aromatic carbocycles. The average Bonchev–Trinajstić information content (AvgIpc) is 2.45. The third-order valence-electron chi connectivity index (χ3n) is 3.44. The smallest absolute Gasteiger partial charge is 0.227 e. The van der Waals surface area contributed by atoms with E-state index >= 15 is 0 Å². The standard InChI is InChI=1S/C11H8F14I2/c12-5(1-3-26,11(23,24)25)7(15,16)9(19,20)10(21,22)8(17,18)6(13,14)2-4-27/h1-4H2. The highest BCUT2D eigenvalue weighted by molar-refractivity contribution is 14.1. The number of halogens is 16. The summed E-state index contributed by atoms with van der Waals surface area (Å²) in [7, 11) is 0. The molecule has 27 heavy (non-hydrogen) atoms. The van der Waals surface area contributed by atoms with Gasteiger partial charge in [0.2, 0.25) is 0 Å². The lowest BCUT2D eigenvalue weighted by atomic mass is 9.83. The van der Waals surface area contributed by atoms with E-state index in [4.69, 9.17) is 0 Å². The summed E-state index contributed by atoms with van der Waals surface area (Å²) in [5.41, 5.74) is -6.39. The van der Waals surface area contributed by atoms with Gasteiger partial charge >= 0.3 is 35.8 Å². The predicted octanol–water partition coefficient (Wildman–Crippen LogP) is 7.08. The molecule has 0 rings (SSSR count). The summed E-state index contributed by atoms with van der Waals surface area (Å²) in [5, 5.41) is 0. The fraction of sp³-hybridized carbons (Fsp3) is 1.00. The maximum absolute atomic E-state index is 13.8. The molecule has 0 radical (unpaired) electrons. The number of alkyl halides is 16. The maximum Gasteiger partial charge on any atom is 0.428 e. The Morgan fingerprint density at radius 1 is 0.444 bits per heavy atom. The van der Waals surface area contributed by atoms with Crippen LogP contribution in [0.25, 0.3) is 0 Å². The molecule has 1 atom stereocenters. The van der Waals surface area contributed by atoms with Crippen LogP contribution < -0.4 is 0 Å². The van der Waals surface area contributed by atoms with Crippen molar-refractivity contribution in [3.8, 4) is 0 Å². The number of hydrogen-bond donors (Lipinski definition) is 0. The summed E-state index contributed by atoms with van der Waals surface area (Å²) < 4.78 is 184. The first kappa shape index (κ1) is 27.5. The fourth-order valence-corrected chi connectivity index (χ4v) is 3.18. The van der Waals surface area contributed by atoms with Gasteiger partial charge in [-0.25, -0.2) is 4.39 Å². The van der Waals surface area contributed by atoms with Crippen molar-refractivity contribution in [1.29, 1.82) is 0 Å². The summed E-state index contributed by atoms with van der Waals surface area (Å²) >= 11 is 1.76. The molecule has 0 bridgehead atoms. The Kier molecular flexibility index (Phi) is 8.10. The number of hydrogen-bond acceptors (Lipinski definition) is 0. The van der Waals surface area contributed by atoms with E-state index in [0.29, 0.717) is 0 Å². The van der Waals surface area contributed by atoms with Crippen LogP contribution in [0.1, 0.15) is 12.8 Å². The van der Waals surface area contributed by atoms with Crippen LogP contribution in [0, 0.1) is 0 Å². The highest BCUT2D eigenvalue weighted by Crippen LogP contribution is 2.63. The molecular weight excluding hydrogens is 652 g/mol. The molecule has 0 amide bonds. The van der Waals surface area contributed by atoms with Crippen LogP contribution in [-0.2, 0) is 0 Å². The van der Waals surface area contributed by atoms with E-state index in [2.05, 4.69) is 0 Å². The quantitative estimate of drug-likeness (QED) is 0.141. The van der Waals surface area contributed by atoms with Crippen LogP contribution in [0.4, 0.5) is 61.5 Å². The van der Waals surface area contributed by atoms with E-state index in [1.165, 1.54) is 0 Å². The van der Waals surface area contributed by atoms with Crippen LogP contribution in [0.3, 0.4) is 0 Å². The monoisotopic (exact) mass is 660 g/mol. The molecule has 0 N–H and O–H groups in total. The maximum atomic E-state index is 13.8. The SMILES string of the molecule is FC(F)(F)C(F)(CCI)C(F)(F)C(F)(F)C(F)(F)C(F)(F)C(F)(F)CCI. The van der Waals surface area contributed by atoms with E-state index in [9.17, 15) is 61.5 Å². The van der Waals surface area contributed by atoms with E-state index in [1.54, 1.807) is 0 Å². The Hall–Kier alpha value is 0.480. The van der Waals surface area contributed by atoms with Crippen LogP contribution in [0.2, 0.25) is 0 Å². The third-order valence-corrected chi connectivity index (χ3v) is 4.52. The van der Waals surface area contributed by atoms with E-state index in [-0.39, 0.29) is 0 Å². The second kappa shape index (κ2) is 7.96. The Labute approximate surface area is 169 Å². The van der Waals surface area contributed by atoms with Crippen molar-refractivity contribution in [3.63, 3.8) is 0 Å². The van der Waals surface area contributed by atoms with Crippen molar-refractivity contribution in [3.05, 3.63) is 0 Å². The van der Waals surface area contributed by atoms with Gasteiger partial charge in [0, 0.05) is 21.7 Å². The number of rotatable bonds is 9. The minimum Gasteiger partial charge on any atom is -0.227 e. The Balaban J connectivity index is 6.58. The molecular formula is C11H8F14I2. The first-order chi connectivity index (χ1) is 11.6. The molecule has 0 aliphatic heterocycles. The summed E-state index contributed by atoms with van der Waals surface area (Å²) in [4.78, 5) is 0. The molecule has 0 aliphatic carbocycles. The lowest BCUT2D eigenvalue weighted by molar-refractivity contribution is -0.433. The van der Waals surface area contributed by atoms with Crippen molar-refractivity contribution >= 4 is 45.2 Å². The summed E-state index contributed by atoms with van der Waals surface area (Å²) in [5.74, 6) is -36.3. The second-order valence-corrected chi connectivity index (χ2v) is 7.34. The van der Waals surface area contributed by atoms with Gasteiger partial charge in [-0.3, -0.25) is 0 Å². The minimum atomic E-state index is -7.83. The van der Waals surface area contributed by atoms with Gasteiger partial charge in [0.15, 0.2) is 0 Å².